The van der Waals surface area contributed by atoms with Crippen LogP contribution in [-0.2, 0) is 6.42 Å². The number of hydrogen-bond acceptors (Lipinski definition) is 3. The minimum atomic E-state index is -0.376. The predicted octanol–water partition coefficient (Wildman–Crippen LogP) is 2.68. The number of nitrogens with one attached hydrogen (secondary N) is 1. The van der Waals surface area contributed by atoms with Crippen LogP contribution in [0, 0.1) is 0 Å². The summed E-state index contributed by atoms with van der Waals surface area (Å²) in [6, 6.07) is 13.9. The number of amides is 1. The summed E-state index contributed by atoms with van der Waals surface area (Å²) in [6.07, 6.45) is 0.522. The average Bonchev–Trinajstić information content (AvgIpc) is 2.56. The maximum atomic E-state index is 12.3. The SMILES string of the molecule is COc1ccccc1C(=O)N[C@@H](CO)Cc1ccc(Cl)cc1. The third-order valence-electron chi connectivity index (χ3n) is 3.30. The largest absolute Gasteiger partial charge is 0.496 e. The second-order valence-corrected chi connectivity index (χ2v) is 5.32. The van der Waals surface area contributed by atoms with Gasteiger partial charge in [0.2, 0.25) is 0 Å². The Labute approximate surface area is 134 Å². The molecule has 2 rings (SSSR count). The highest BCUT2D eigenvalue weighted by molar-refractivity contribution is 6.30. The lowest BCUT2D eigenvalue weighted by Gasteiger charge is -2.17. The van der Waals surface area contributed by atoms with Crippen molar-refractivity contribution in [3.05, 3.63) is 64.7 Å². The van der Waals surface area contributed by atoms with Crippen LogP contribution in [0.15, 0.2) is 48.5 Å². The summed E-state index contributed by atoms with van der Waals surface area (Å²) in [5, 5.41) is 13.0. The molecule has 4 nitrogen and oxygen atoms in total. The standard InChI is InChI=1S/C17H18ClNO3/c1-22-16-5-3-2-4-15(16)17(21)19-14(11-20)10-12-6-8-13(18)9-7-12/h2-9,14,20H,10-11H2,1H3,(H,19,21)/t14-/m1/s1. The Hall–Kier alpha value is -2.04. The fourth-order valence-corrected chi connectivity index (χ4v) is 2.29. The zero-order valence-electron chi connectivity index (χ0n) is 12.3. The van der Waals surface area contributed by atoms with E-state index in [1.807, 2.05) is 12.1 Å². The van der Waals surface area contributed by atoms with Gasteiger partial charge >= 0.3 is 0 Å². The number of halogens is 1. The van der Waals surface area contributed by atoms with Crippen LogP contribution < -0.4 is 10.1 Å². The molecule has 0 spiro atoms. The normalized spacial score (nSPS) is 11.8. The molecule has 0 unspecified atom stereocenters. The highest BCUT2D eigenvalue weighted by atomic mass is 35.5. The van der Waals surface area contributed by atoms with Crippen molar-refractivity contribution in [1.29, 1.82) is 0 Å². The molecule has 2 aromatic rings. The van der Waals surface area contributed by atoms with Gasteiger partial charge in [-0.3, -0.25) is 4.79 Å². The Morgan fingerprint density at radius 2 is 1.91 bits per heavy atom. The molecule has 0 bridgehead atoms. The zero-order valence-corrected chi connectivity index (χ0v) is 13.0. The van der Waals surface area contributed by atoms with E-state index in [0.29, 0.717) is 22.8 Å². The Bertz CT molecular complexity index is 628. The van der Waals surface area contributed by atoms with Crippen molar-refractivity contribution < 1.29 is 14.6 Å². The van der Waals surface area contributed by atoms with Gasteiger partial charge in [0.1, 0.15) is 5.75 Å². The monoisotopic (exact) mass is 319 g/mol. The maximum Gasteiger partial charge on any atom is 0.255 e. The van der Waals surface area contributed by atoms with Gasteiger partial charge in [0.25, 0.3) is 5.91 Å². The molecule has 0 heterocycles. The van der Waals surface area contributed by atoms with Crippen LogP contribution in [0.5, 0.6) is 5.75 Å². The van der Waals surface area contributed by atoms with Crippen LogP contribution in [0.3, 0.4) is 0 Å². The fraction of sp³-hybridized carbons (Fsp3) is 0.235. The molecule has 0 aliphatic rings. The Morgan fingerprint density at radius 1 is 1.23 bits per heavy atom. The van der Waals surface area contributed by atoms with Gasteiger partial charge in [0.15, 0.2) is 0 Å². The van der Waals surface area contributed by atoms with Gasteiger partial charge in [-0.2, -0.15) is 0 Å². The minimum absolute atomic E-state index is 0.149. The lowest BCUT2D eigenvalue weighted by atomic mass is 10.1. The molecule has 0 saturated carbocycles. The maximum absolute atomic E-state index is 12.3. The molecule has 1 atom stereocenters. The third kappa shape index (κ3) is 4.23. The van der Waals surface area contributed by atoms with Crippen LogP contribution in [0.25, 0.3) is 0 Å². The van der Waals surface area contributed by atoms with Crippen molar-refractivity contribution in [2.75, 3.05) is 13.7 Å². The highest BCUT2D eigenvalue weighted by Gasteiger charge is 2.16. The van der Waals surface area contributed by atoms with Crippen molar-refractivity contribution in [1.82, 2.24) is 5.32 Å². The molecule has 0 aromatic heterocycles. The van der Waals surface area contributed by atoms with Gasteiger partial charge in [-0.1, -0.05) is 35.9 Å². The quantitative estimate of drug-likeness (QED) is 0.860. The number of methoxy groups -OCH3 is 1. The number of para-hydroxylation sites is 1. The van der Waals surface area contributed by atoms with E-state index in [2.05, 4.69) is 5.32 Å². The fourth-order valence-electron chi connectivity index (χ4n) is 2.16. The minimum Gasteiger partial charge on any atom is -0.496 e. The number of aliphatic hydroxyl groups excluding tert-OH is 1. The molecule has 0 fully saturated rings. The summed E-state index contributed by atoms with van der Waals surface area (Å²) in [4.78, 5) is 12.3. The van der Waals surface area contributed by atoms with Crippen LogP contribution >= 0.6 is 11.6 Å². The number of aliphatic hydroxyl groups is 1. The van der Waals surface area contributed by atoms with Gasteiger partial charge in [-0.25, -0.2) is 0 Å². The Balaban J connectivity index is 2.06. The van der Waals surface area contributed by atoms with Gasteiger partial charge in [0.05, 0.1) is 25.3 Å². The summed E-state index contributed by atoms with van der Waals surface area (Å²) < 4.78 is 5.18. The number of hydrogen-bond donors (Lipinski definition) is 2. The Kier molecular flexibility index (Phi) is 5.81. The molecule has 0 radical (unpaired) electrons. The second kappa shape index (κ2) is 7.82. The molecule has 1 amide bonds. The van der Waals surface area contributed by atoms with E-state index in [-0.39, 0.29) is 18.6 Å². The van der Waals surface area contributed by atoms with Crippen molar-refractivity contribution in [3.63, 3.8) is 0 Å². The molecule has 2 N–H and O–H groups in total. The molecule has 22 heavy (non-hydrogen) atoms. The number of ether oxygens (including phenoxy) is 1. The molecule has 2 aromatic carbocycles. The summed E-state index contributed by atoms with van der Waals surface area (Å²) in [6.45, 7) is -0.149. The van der Waals surface area contributed by atoms with Crippen LogP contribution in [0.1, 0.15) is 15.9 Å². The first-order valence-electron chi connectivity index (χ1n) is 6.93. The number of carbonyl (C=O) groups is 1. The van der Waals surface area contributed by atoms with E-state index in [4.69, 9.17) is 16.3 Å². The summed E-state index contributed by atoms with van der Waals surface area (Å²) in [7, 11) is 1.52. The zero-order chi connectivity index (χ0) is 15.9. The lowest BCUT2D eigenvalue weighted by Crippen LogP contribution is -2.39. The molecule has 0 aliphatic carbocycles. The second-order valence-electron chi connectivity index (χ2n) is 4.88. The summed E-state index contributed by atoms with van der Waals surface area (Å²) in [5.41, 5.74) is 1.43. The first-order chi connectivity index (χ1) is 10.6. The molecule has 116 valence electrons. The number of benzene rings is 2. The van der Waals surface area contributed by atoms with E-state index in [9.17, 15) is 9.90 Å². The predicted molar refractivity (Wildman–Crippen MR) is 86.5 cm³/mol. The Morgan fingerprint density at radius 3 is 2.55 bits per heavy atom. The van der Waals surface area contributed by atoms with E-state index in [1.54, 1.807) is 36.4 Å². The summed E-state index contributed by atoms with van der Waals surface area (Å²) in [5.74, 6) is 0.230. The van der Waals surface area contributed by atoms with Gasteiger partial charge in [0, 0.05) is 5.02 Å². The van der Waals surface area contributed by atoms with E-state index in [1.165, 1.54) is 7.11 Å². The third-order valence-corrected chi connectivity index (χ3v) is 3.55. The van der Waals surface area contributed by atoms with Crippen LogP contribution in [-0.4, -0.2) is 30.8 Å². The van der Waals surface area contributed by atoms with Crippen molar-refractivity contribution in [2.45, 2.75) is 12.5 Å². The van der Waals surface area contributed by atoms with Gasteiger partial charge in [-0.05, 0) is 36.2 Å². The van der Waals surface area contributed by atoms with Crippen LogP contribution in [0.2, 0.25) is 5.02 Å². The van der Waals surface area contributed by atoms with Gasteiger partial charge in [-0.15, -0.1) is 0 Å². The van der Waals surface area contributed by atoms with Crippen LogP contribution in [0.4, 0.5) is 0 Å². The molecule has 5 heteroatoms. The molecule has 0 saturated heterocycles. The van der Waals surface area contributed by atoms with E-state index < -0.39 is 0 Å². The highest BCUT2D eigenvalue weighted by Crippen LogP contribution is 2.17. The van der Waals surface area contributed by atoms with Crippen molar-refractivity contribution >= 4 is 17.5 Å². The van der Waals surface area contributed by atoms with E-state index in [0.717, 1.165) is 5.56 Å². The smallest absolute Gasteiger partial charge is 0.255 e. The topological polar surface area (TPSA) is 58.6 Å². The summed E-state index contributed by atoms with van der Waals surface area (Å²) >= 11 is 5.85. The average molecular weight is 320 g/mol. The van der Waals surface area contributed by atoms with Crippen molar-refractivity contribution in [3.8, 4) is 5.75 Å². The molecule has 0 aliphatic heterocycles. The number of carbonyl (C=O) groups excluding carboxylic acids is 1. The molecular formula is C17H18ClNO3. The molecular weight excluding hydrogens is 302 g/mol. The van der Waals surface area contributed by atoms with E-state index >= 15 is 0 Å². The van der Waals surface area contributed by atoms with Crippen molar-refractivity contribution in [2.24, 2.45) is 0 Å². The van der Waals surface area contributed by atoms with Gasteiger partial charge < -0.3 is 15.2 Å². The first-order valence-corrected chi connectivity index (χ1v) is 7.31. The number of rotatable bonds is 6. The lowest BCUT2D eigenvalue weighted by molar-refractivity contribution is 0.0913. The first kappa shape index (κ1) is 16.3.